The van der Waals surface area contributed by atoms with Crippen molar-refractivity contribution in [3.05, 3.63) is 21.4 Å². The monoisotopic (exact) mass is 290 g/mol. The molecule has 1 aliphatic heterocycles. The minimum atomic E-state index is 0.167. The number of aryl methyl sites for hydroxylation is 1. The molecular weight excluding hydrogens is 268 g/mol. The minimum Gasteiger partial charge on any atom is -0.338 e. The molecule has 3 nitrogen and oxygen atoms in total. The molecule has 0 bridgehead atoms. The van der Waals surface area contributed by atoms with E-state index in [2.05, 4.69) is 11.8 Å². The lowest BCUT2D eigenvalue weighted by atomic mass is 10.1. The van der Waals surface area contributed by atoms with Gasteiger partial charge in [-0.05, 0) is 31.4 Å². The maximum Gasteiger partial charge on any atom is 0.263 e. The Morgan fingerprint density at radius 1 is 1.30 bits per heavy atom. The van der Waals surface area contributed by atoms with Crippen LogP contribution in [0, 0.1) is 18.8 Å². The zero-order valence-electron chi connectivity index (χ0n) is 12.1. The van der Waals surface area contributed by atoms with E-state index in [4.69, 9.17) is 5.73 Å². The average molecular weight is 290 g/mol. The van der Waals surface area contributed by atoms with E-state index in [1.165, 1.54) is 30.6 Å². The molecule has 1 aliphatic rings. The van der Waals surface area contributed by atoms with Crippen molar-refractivity contribution in [1.29, 1.82) is 0 Å². The molecule has 1 saturated heterocycles. The fraction of sp³-hybridized carbons (Fsp3) is 0.562. The van der Waals surface area contributed by atoms with Gasteiger partial charge in [-0.2, -0.15) is 0 Å². The largest absolute Gasteiger partial charge is 0.338 e. The highest BCUT2D eigenvalue weighted by Crippen LogP contribution is 2.23. The zero-order valence-corrected chi connectivity index (χ0v) is 12.9. The summed E-state index contributed by atoms with van der Waals surface area (Å²) in [6.07, 6.45) is 6.02. The second-order valence-corrected chi connectivity index (χ2v) is 6.24. The molecule has 20 heavy (non-hydrogen) atoms. The number of likely N-dealkylation sites (tertiary alicyclic amines) is 1. The average Bonchev–Trinajstić information content (AvgIpc) is 2.77. The van der Waals surface area contributed by atoms with Crippen molar-refractivity contribution in [3.8, 4) is 11.8 Å². The predicted molar refractivity (Wildman–Crippen MR) is 84.0 cm³/mol. The second kappa shape index (κ2) is 7.47. The fourth-order valence-electron chi connectivity index (χ4n) is 2.45. The predicted octanol–water partition coefficient (Wildman–Crippen LogP) is 2.77. The first-order valence-corrected chi connectivity index (χ1v) is 8.12. The van der Waals surface area contributed by atoms with E-state index in [-0.39, 0.29) is 5.91 Å². The molecule has 0 atom stereocenters. The summed E-state index contributed by atoms with van der Waals surface area (Å²) < 4.78 is 0. The van der Waals surface area contributed by atoms with E-state index in [1.54, 1.807) is 0 Å². The Labute approximate surface area is 125 Å². The normalized spacial score (nSPS) is 16.0. The van der Waals surface area contributed by atoms with E-state index in [0.717, 1.165) is 41.2 Å². The number of nitrogens with two attached hydrogens (primary N) is 1. The van der Waals surface area contributed by atoms with Crippen molar-refractivity contribution >= 4 is 17.2 Å². The number of thiophene rings is 1. The smallest absolute Gasteiger partial charge is 0.263 e. The highest BCUT2D eigenvalue weighted by Gasteiger charge is 2.19. The van der Waals surface area contributed by atoms with Gasteiger partial charge < -0.3 is 10.6 Å². The van der Waals surface area contributed by atoms with E-state index in [1.807, 2.05) is 17.9 Å². The molecule has 2 heterocycles. The molecule has 0 radical (unpaired) electrons. The molecule has 2 rings (SSSR count). The first kappa shape index (κ1) is 15.1. The van der Waals surface area contributed by atoms with Gasteiger partial charge in [-0.3, -0.25) is 4.79 Å². The minimum absolute atomic E-state index is 0.167. The number of hydrogen-bond acceptors (Lipinski definition) is 3. The summed E-state index contributed by atoms with van der Waals surface area (Å²) in [4.78, 5) is 16.3. The Morgan fingerprint density at radius 3 is 2.60 bits per heavy atom. The van der Waals surface area contributed by atoms with Gasteiger partial charge in [-0.15, -0.1) is 11.3 Å². The topological polar surface area (TPSA) is 46.3 Å². The molecule has 0 aromatic carbocycles. The third-order valence-electron chi connectivity index (χ3n) is 3.58. The molecular formula is C16H22N2OS. The summed E-state index contributed by atoms with van der Waals surface area (Å²) in [6, 6.07) is 1.96. The van der Waals surface area contributed by atoms with Crippen LogP contribution in [0.5, 0.6) is 0 Å². The maximum atomic E-state index is 12.6. The molecule has 1 aromatic heterocycles. The Morgan fingerprint density at radius 2 is 1.95 bits per heavy atom. The Kier molecular flexibility index (Phi) is 5.63. The van der Waals surface area contributed by atoms with Crippen LogP contribution >= 0.6 is 11.3 Å². The Bertz CT molecular complexity index is 516. The maximum absolute atomic E-state index is 12.6. The quantitative estimate of drug-likeness (QED) is 0.808. The van der Waals surface area contributed by atoms with Gasteiger partial charge in [0.25, 0.3) is 5.91 Å². The molecule has 4 heteroatoms. The number of carbonyl (C=O) groups is 1. The highest BCUT2D eigenvalue weighted by molar-refractivity contribution is 7.14. The van der Waals surface area contributed by atoms with E-state index in [0.29, 0.717) is 6.54 Å². The van der Waals surface area contributed by atoms with E-state index in [9.17, 15) is 4.79 Å². The first-order valence-electron chi connectivity index (χ1n) is 7.31. The molecule has 0 unspecified atom stereocenters. The molecule has 1 fully saturated rings. The van der Waals surface area contributed by atoms with E-state index < -0.39 is 0 Å². The highest BCUT2D eigenvalue weighted by atomic mass is 32.1. The summed E-state index contributed by atoms with van der Waals surface area (Å²) in [5.41, 5.74) is 6.47. The molecule has 0 saturated carbocycles. The fourth-order valence-corrected chi connectivity index (χ4v) is 3.46. The van der Waals surface area contributed by atoms with Crippen molar-refractivity contribution in [1.82, 2.24) is 4.90 Å². The van der Waals surface area contributed by atoms with Crippen molar-refractivity contribution in [2.45, 2.75) is 39.0 Å². The molecule has 0 spiro atoms. The van der Waals surface area contributed by atoms with Crippen LogP contribution in [-0.4, -0.2) is 30.4 Å². The molecule has 1 aromatic rings. The van der Waals surface area contributed by atoms with Crippen LogP contribution in [0.15, 0.2) is 6.07 Å². The lowest BCUT2D eigenvalue weighted by Crippen LogP contribution is -2.33. The summed E-state index contributed by atoms with van der Waals surface area (Å²) in [7, 11) is 0. The molecule has 2 N–H and O–H groups in total. The number of carbonyl (C=O) groups excluding carboxylic acids is 1. The molecule has 0 aliphatic carbocycles. The van der Waals surface area contributed by atoms with Crippen molar-refractivity contribution < 1.29 is 4.79 Å². The van der Waals surface area contributed by atoms with Crippen LogP contribution in [-0.2, 0) is 0 Å². The van der Waals surface area contributed by atoms with Crippen molar-refractivity contribution in [3.63, 3.8) is 0 Å². The third kappa shape index (κ3) is 3.84. The van der Waals surface area contributed by atoms with Crippen LogP contribution < -0.4 is 5.73 Å². The van der Waals surface area contributed by atoms with Gasteiger partial charge in [0.05, 0.1) is 16.3 Å². The van der Waals surface area contributed by atoms with Crippen LogP contribution in [0.25, 0.3) is 0 Å². The van der Waals surface area contributed by atoms with Gasteiger partial charge >= 0.3 is 0 Å². The SMILES string of the molecule is Cc1cc(C(=O)N2CCCCCCC2)sc1C#CCN. The molecule has 108 valence electrons. The zero-order chi connectivity index (χ0) is 14.4. The number of amides is 1. The van der Waals surface area contributed by atoms with Crippen molar-refractivity contribution in [2.24, 2.45) is 5.73 Å². The van der Waals surface area contributed by atoms with Gasteiger partial charge in [0.1, 0.15) is 0 Å². The second-order valence-electron chi connectivity index (χ2n) is 5.19. The van der Waals surface area contributed by atoms with E-state index >= 15 is 0 Å². The van der Waals surface area contributed by atoms with Gasteiger partial charge in [0, 0.05) is 13.1 Å². The number of nitrogens with zero attached hydrogens (tertiary/aromatic N) is 1. The number of rotatable bonds is 1. The molecule has 1 amide bonds. The third-order valence-corrected chi connectivity index (χ3v) is 4.72. The van der Waals surface area contributed by atoms with Gasteiger partial charge in [-0.25, -0.2) is 0 Å². The first-order chi connectivity index (χ1) is 9.72. The van der Waals surface area contributed by atoms with Gasteiger partial charge in [0.15, 0.2) is 0 Å². The van der Waals surface area contributed by atoms with Crippen LogP contribution in [0.3, 0.4) is 0 Å². The lowest BCUT2D eigenvalue weighted by molar-refractivity contribution is 0.0747. The summed E-state index contributed by atoms with van der Waals surface area (Å²) in [5, 5.41) is 0. The van der Waals surface area contributed by atoms with Crippen LogP contribution in [0.1, 0.15) is 52.2 Å². The number of hydrogen-bond donors (Lipinski definition) is 1. The van der Waals surface area contributed by atoms with Crippen LogP contribution in [0.2, 0.25) is 0 Å². The van der Waals surface area contributed by atoms with Crippen LogP contribution in [0.4, 0.5) is 0 Å². The van der Waals surface area contributed by atoms with Gasteiger partial charge in [0.2, 0.25) is 0 Å². The van der Waals surface area contributed by atoms with Crippen molar-refractivity contribution in [2.75, 3.05) is 19.6 Å². The standard InChI is InChI=1S/C16H22N2OS/c1-13-12-15(20-14(13)8-7-9-17)16(19)18-10-5-3-2-4-6-11-18/h12H,2-6,9-11,17H2,1H3. The Balaban J connectivity index is 2.11. The summed E-state index contributed by atoms with van der Waals surface area (Å²) in [5.74, 6) is 6.07. The van der Waals surface area contributed by atoms with Gasteiger partial charge in [-0.1, -0.05) is 31.1 Å². The Hall–Kier alpha value is -1.31. The summed E-state index contributed by atoms with van der Waals surface area (Å²) in [6.45, 7) is 4.13. The summed E-state index contributed by atoms with van der Waals surface area (Å²) >= 11 is 1.49. The lowest BCUT2D eigenvalue weighted by Gasteiger charge is -2.24.